The number of nitrogens with zero attached hydrogens (tertiary/aromatic N) is 2. The highest BCUT2D eigenvalue weighted by Gasteiger charge is 2.33. The van der Waals surface area contributed by atoms with Crippen LogP contribution in [0, 0.1) is 0 Å². The summed E-state index contributed by atoms with van der Waals surface area (Å²) in [5, 5.41) is 1.31. The average molecular weight is 355 g/mol. The Balaban J connectivity index is 1.58. The van der Waals surface area contributed by atoms with Crippen molar-refractivity contribution in [3.8, 4) is 0 Å². The van der Waals surface area contributed by atoms with Crippen LogP contribution in [0.2, 0.25) is 10.0 Å². The Morgan fingerprint density at radius 2 is 1.78 bits per heavy atom. The Kier molecular flexibility index (Phi) is 6.25. The predicted molar refractivity (Wildman–Crippen MR) is 99.6 cm³/mol. The van der Waals surface area contributed by atoms with Crippen LogP contribution in [0.5, 0.6) is 0 Å². The van der Waals surface area contributed by atoms with E-state index < -0.39 is 0 Å². The van der Waals surface area contributed by atoms with Gasteiger partial charge in [0, 0.05) is 18.6 Å². The Morgan fingerprint density at radius 3 is 2.52 bits per heavy atom. The molecule has 1 heterocycles. The van der Waals surface area contributed by atoms with Gasteiger partial charge in [-0.3, -0.25) is 4.90 Å². The first-order valence-corrected chi connectivity index (χ1v) is 9.79. The number of rotatable bonds is 5. The first kappa shape index (κ1) is 17.5. The second kappa shape index (κ2) is 8.20. The molecule has 2 aliphatic rings. The van der Waals surface area contributed by atoms with Gasteiger partial charge in [0.25, 0.3) is 0 Å². The van der Waals surface area contributed by atoms with E-state index in [-0.39, 0.29) is 0 Å². The number of likely N-dealkylation sites (tertiary alicyclic amines) is 1. The summed E-state index contributed by atoms with van der Waals surface area (Å²) >= 11 is 12.1. The van der Waals surface area contributed by atoms with Gasteiger partial charge in [-0.15, -0.1) is 0 Å². The minimum absolute atomic E-state index is 0.644. The van der Waals surface area contributed by atoms with Crippen LogP contribution in [0.1, 0.15) is 44.1 Å². The van der Waals surface area contributed by atoms with Crippen molar-refractivity contribution in [2.75, 3.05) is 26.7 Å². The van der Waals surface area contributed by atoms with Gasteiger partial charge in [-0.1, -0.05) is 42.1 Å². The molecule has 2 atom stereocenters. The van der Waals surface area contributed by atoms with Gasteiger partial charge in [-0.2, -0.15) is 0 Å². The second-order valence-corrected chi connectivity index (χ2v) is 7.96. The molecule has 1 aromatic rings. The van der Waals surface area contributed by atoms with Crippen molar-refractivity contribution in [3.05, 3.63) is 33.8 Å². The summed E-state index contributed by atoms with van der Waals surface area (Å²) in [5.41, 5.74) is 1.28. The van der Waals surface area contributed by atoms with Crippen LogP contribution < -0.4 is 0 Å². The van der Waals surface area contributed by atoms with Gasteiger partial charge in [0.2, 0.25) is 0 Å². The Bertz CT molecular complexity index is 514. The average Bonchev–Trinajstić information content (AvgIpc) is 3.10. The Labute approximate surface area is 150 Å². The fraction of sp³-hybridized carbons (Fsp3) is 0.684. The molecule has 1 aromatic carbocycles. The molecule has 0 bridgehead atoms. The summed E-state index contributed by atoms with van der Waals surface area (Å²) in [6.07, 6.45) is 9.31. The highest BCUT2D eigenvalue weighted by Crippen LogP contribution is 2.29. The molecule has 2 fully saturated rings. The van der Waals surface area contributed by atoms with Gasteiger partial charge in [0.15, 0.2) is 0 Å². The maximum atomic E-state index is 6.13. The summed E-state index contributed by atoms with van der Waals surface area (Å²) in [6, 6.07) is 7.50. The maximum absolute atomic E-state index is 6.13. The third kappa shape index (κ3) is 4.42. The quantitative estimate of drug-likeness (QED) is 0.743. The van der Waals surface area contributed by atoms with Crippen LogP contribution >= 0.6 is 23.2 Å². The summed E-state index contributed by atoms with van der Waals surface area (Å²) in [5.74, 6) is 0. The van der Waals surface area contributed by atoms with Gasteiger partial charge >= 0.3 is 0 Å². The lowest BCUT2D eigenvalue weighted by Gasteiger charge is -2.42. The molecule has 128 valence electrons. The van der Waals surface area contributed by atoms with Gasteiger partial charge in [-0.25, -0.2) is 0 Å². The van der Waals surface area contributed by atoms with Crippen molar-refractivity contribution < 1.29 is 0 Å². The predicted octanol–water partition coefficient (Wildman–Crippen LogP) is 4.87. The van der Waals surface area contributed by atoms with E-state index in [9.17, 15) is 0 Å². The molecular weight excluding hydrogens is 327 g/mol. The zero-order chi connectivity index (χ0) is 16.2. The van der Waals surface area contributed by atoms with Crippen molar-refractivity contribution in [2.24, 2.45) is 0 Å². The summed E-state index contributed by atoms with van der Waals surface area (Å²) in [7, 11) is 2.30. The molecule has 23 heavy (non-hydrogen) atoms. The molecule has 1 aliphatic heterocycles. The lowest BCUT2D eigenvalue weighted by molar-refractivity contribution is 0.0771. The fourth-order valence-electron chi connectivity index (χ4n) is 4.27. The molecule has 1 unspecified atom stereocenters. The maximum Gasteiger partial charge on any atom is 0.0595 e. The van der Waals surface area contributed by atoms with E-state index in [1.807, 2.05) is 12.1 Å². The number of benzene rings is 1. The summed E-state index contributed by atoms with van der Waals surface area (Å²) in [4.78, 5) is 5.34. The van der Waals surface area contributed by atoms with E-state index in [1.165, 1.54) is 57.2 Å². The summed E-state index contributed by atoms with van der Waals surface area (Å²) < 4.78 is 0. The molecule has 3 rings (SSSR count). The molecule has 2 nitrogen and oxygen atoms in total. The summed E-state index contributed by atoms with van der Waals surface area (Å²) in [6.45, 7) is 3.70. The molecule has 4 heteroatoms. The monoisotopic (exact) mass is 354 g/mol. The molecule has 0 radical (unpaired) electrons. The van der Waals surface area contributed by atoms with E-state index in [0.717, 1.165) is 19.0 Å². The number of likely N-dealkylation sites (N-methyl/N-ethyl adjacent to an activating group) is 1. The minimum Gasteiger partial charge on any atom is -0.302 e. The molecule has 0 spiro atoms. The molecular formula is C19H28Cl2N2. The van der Waals surface area contributed by atoms with Crippen LogP contribution in [0.3, 0.4) is 0 Å². The molecule has 0 N–H and O–H groups in total. The third-order valence-corrected chi connectivity index (χ3v) is 6.35. The molecule has 1 saturated carbocycles. The second-order valence-electron chi connectivity index (χ2n) is 7.14. The van der Waals surface area contributed by atoms with Crippen LogP contribution in [-0.4, -0.2) is 48.6 Å². The Hall–Kier alpha value is -0.280. The highest BCUT2D eigenvalue weighted by molar-refractivity contribution is 6.42. The first-order valence-electron chi connectivity index (χ1n) is 9.03. The molecule has 0 aromatic heterocycles. The van der Waals surface area contributed by atoms with E-state index in [0.29, 0.717) is 16.1 Å². The van der Waals surface area contributed by atoms with Crippen molar-refractivity contribution in [2.45, 2.75) is 57.0 Å². The van der Waals surface area contributed by atoms with E-state index in [1.54, 1.807) is 0 Å². The zero-order valence-electron chi connectivity index (χ0n) is 14.1. The normalized spacial score (nSPS) is 26.1. The van der Waals surface area contributed by atoms with Crippen LogP contribution in [0.4, 0.5) is 0 Å². The minimum atomic E-state index is 0.644. The first-order chi connectivity index (χ1) is 11.1. The van der Waals surface area contributed by atoms with Crippen molar-refractivity contribution in [3.63, 3.8) is 0 Å². The van der Waals surface area contributed by atoms with Crippen LogP contribution in [0.25, 0.3) is 0 Å². The SMILES string of the molecule is CN(CCc1ccc(Cl)c(Cl)c1)C1CCCC[C@@H]1N1CCCC1. The lowest BCUT2D eigenvalue weighted by Crippen LogP contribution is -2.51. The van der Waals surface area contributed by atoms with E-state index in [4.69, 9.17) is 23.2 Å². The van der Waals surface area contributed by atoms with Crippen molar-refractivity contribution >= 4 is 23.2 Å². The van der Waals surface area contributed by atoms with Gasteiger partial charge in [0.05, 0.1) is 10.0 Å². The molecule has 1 aliphatic carbocycles. The van der Waals surface area contributed by atoms with E-state index >= 15 is 0 Å². The van der Waals surface area contributed by atoms with Crippen molar-refractivity contribution in [1.29, 1.82) is 0 Å². The smallest absolute Gasteiger partial charge is 0.0595 e. The van der Waals surface area contributed by atoms with Gasteiger partial charge in [0.1, 0.15) is 0 Å². The van der Waals surface area contributed by atoms with Crippen molar-refractivity contribution in [1.82, 2.24) is 9.80 Å². The van der Waals surface area contributed by atoms with E-state index in [2.05, 4.69) is 22.9 Å². The standard InChI is InChI=1S/C19H28Cl2N2/c1-22(13-10-15-8-9-16(20)17(21)14-15)18-6-2-3-7-19(18)23-11-4-5-12-23/h8-9,14,18-19H,2-7,10-13H2,1H3/t18?,19-/m0/s1. The molecule has 0 amide bonds. The third-order valence-electron chi connectivity index (χ3n) is 5.61. The zero-order valence-corrected chi connectivity index (χ0v) is 15.6. The highest BCUT2D eigenvalue weighted by atomic mass is 35.5. The van der Waals surface area contributed by atoms with Gasteiger partial charge < -0.3 is 4.90 Å². The van der Waals surface area contributed by atoms with Crippen LogP contribution in [0.15, 0.2) is 18.2 Å². The number of halogens is 2. The van der Waals surface area contributed by atoms with Crippen LogP contribution in [-0.2, 0) is 6.42 Å². The lowest BCUT2D eigenvalue weighted by atomic mass is 9.88. The number of hydrogen-bond acceptors (Lipinski definition) is 2. The topological polar surface area (TPSA) is 6.48 Å². The molecule has 1 saturated heterocycles. The van der Waals surface area contributed by atoms with Gasteiger partial charge in [-0.05, 0) is 69.9 Å². The number of hydrogen-bond donors (Lipinski definition) is 0. The largest absolute Gasteiger partial charge is 0.302 e. The Morgan fingerprint density at radius 1 is 1.04 bits per heavy atom. The fourth-order valence-corrected chi connectivity index (χ4v) is 4.59.